The summed E-state index contributed by atoms with van der Waals surface area (Å²) in [6, 6.07) is 16.1. The first-order valence-corrected chi connectivity index (χ1v) is 6.74. The van der Waals surface area contributed by atoms with Crippen LogP contribution < -0.4 is 9.47 Å². The fraction of sp³-hybridized carbons (Fsp3) is 0.294. The fourth-order valence-electron chi connectivity index (χ4n) is 2.63. The largest absolute Gasteiger partial charge is 0.497 e. The highest BCUT2D eigenvalue weighted by Gasteiger charge is 2.29. The van der Waals surface area contributed by atoms with E-state index in [1.807, 2.05) is 36.4 Å². The zero-order valence-corrected chi connectivity index (χ0v) is 11.7. The molecule has 2 aromatic rings. The van der Waals surface area contributed by atoms with Gasteiger partial charge in [-0.15, -0.1) is 0 Å². The zero-order valence-electron chi connectivity index (χ0n) is 11.7. The summed E-state index contributed by atoms with van der Waals surface area (Å²) >= 11 is 0. The lowest BCUT2D eigenvalue weighted by molar-refractivity contribution is 0.0299. The van der Waals surface area contributed by atoms with Crippen LogP contribution in [0.1, 0.15) is 29.8 Å². The summed E-state index contributed by atoms with van der Waals surface area (Å²) in [4.78, 5) is 0. The highest BCUT2D eigenvalue weighted by Crippen LogP contribution is 2.43. The molecule has 2 atom stereocenters. The summed E-state index contributed by atoms with van der Waals surface area (Å²) in [6.07, 6.45) is 0.885. The fourth-order valence-corrected chi connectivity index (χ4v) is 2.63. The predicted molar refractivity (Wildman–Crippen MR) is 77.2 cm³/mol. The minimum atomic E-state index is 0.0146. The van der Waals surface area contributed by atoms with E-state index < -0.39 is 0 Å². The van der Waals surface area contributed by atoms with Gasteiger partial charge in [0.15, 0.2) is 0 Å². The van der Waals surface area contributed by atoms with E-state index in [9.17, 15) is 0 Å². The topological polar surface area (TPSA) is 27.7 Å². The van der Waals surface area contributed by atoms with Gasteiger partial charge in [-0.1, -0.05) is 30.3 Å². The third kappa shape index (κ3) is 2.37. The van der Waals surface area contributed by atoms with E-state index in [0.717, 1.165) is 23.5 Å². The van der Waals surface area contributed by atoms with Gasteiger partial charge in [-0.3, -0.25) is 0 Å². The Morgan fingerprint density at radius 1 is 1.05 bits per heavy atom. The van der Waals surface area contributed by atoms with Crippen molar-refractivity contribution in [2.24, 2.45) is 0 Å². The molecule has 104 valence electrons. The number of hydrogen-bond acceptors (Lipinski definition) is 3. The van der Waals surface area contributed by atoms with Crippen LogP contribution in [0.2, 0.25) is 0 Å². The van der Waals surface area contributed by atoms with Crippen LogP contribution in [0.5, 0.6) is 11.5 Å². The lowest BCUT2D eigenvalue weighted by atomic mass is 9.95. The Morgan fingerprint density at radius 3 is 2.55 bits per heavy atom. The Kier molecular flexibility index (Phi) is 3.61. The summed E-state index contributed by atoms with van der Waals surface area (Å²) in [5, 5.41) is 0. The summed E-state index contributed by atoms with van der Waals surface area (Å²) in [5.41, 5.74) is 2.25. The lowest BCUT2D eigenvalue weighted by Crippen LogP contribution is -2.20. The molecule has 0 saturated carbocycles. The summed E-state index contributed by atoms with van der Waals surface area (Å²) in [6.45, 7) is 0. The Bertz CT molecular complexity index is 580. The Hall–Kier alpha value is -2.00. The molecule has 0 spiro atoms. The molecule has 0 saturated heterocycles. The predicted octanol–water partition coefficient (Wildman–Crippen LogP) is 3.91. The van der Waals surface area contributed by atoms with Crippen molar-refractivity contribution in [1.29, 1.82) is 0 Å². The molecule has 1 aliphatic heterocycles. The van der Waals surface area contributed by atoms with E-state index in [1.54, 1.807) is 14.2 Å². The minimum absolute atomic E-state index is 0.0146. The van der Waals surface area contributed by atoms with Gasteiger partial charge >= 0.3 is 0 Å². The average Bonchev–Trinajstić information content (AvgIpc) is 2.54. The molecule has 3 rings (SSSR count). The van der Waals surface area contributed by atoms with Crippen molar-refractivity contribution in [2.45, 2.75) is 18.6 Å². The van der Waals surface area contributed by atoms with Gasteiger partial charge in [0.2, 0.25) is 0 Å². The molecule has 0 aromatic heterocycles. The Morgan fingerprint density at radius 2 is 1.85 bits per heavy atom. The van der Waals surface area contributed by atoms with Gasteiger partial charge in [-0.2, -0.15) is 0 Å². The van der Waals surface area contributed by atoms with Gasteiger partial charge in [0.25, 0.3) is 0 Å². The van der Waals surface area contributed by atoms with Crippen LogP contribution in [-0.2, 0) is 4.74 Å². The maximum Gasteiger partial charge on any atom is 0.129 e. The molecule has 0 radical (unpaired) electrons. The first kappa shape index (κ1) is 13.0. The zero-order chi connectivity index (χ0) is 13.9. The molecule has 0 N–H and O–H groups in total. The molecular formula is C17H18O3. The van der Waals surface area contributed by atoms with Gasteiger partial charge in [0.1, 0.15) is 17.6 Å². The highest BCUT2D eigenvalue weighted by atomic mass is 16.5. The van der Waals surface area contributed by atoms with Crippen molar-refractivity contribution < 1.29 is 14.2 Å². The van der Waals surface area contributed by atoms with Crippen LogP contribution in [0.3, 0.4) is 0 Å². The normalized spacial score (nSPS) is 20.9. The monoisotopic (exact) mass is 270 g/mol. The van der Waals surface area contributed by atoms with Crippen LogP contribution >= 0.6 is 0 Å². The molecule has 2 unspecified atom stereocenters. The maximum atomic E-state index is 6.13. The van der Waals surface area contributed by atoms with E-state index in [-0.39, 0.29) is 12.2 Å². The van der Waals surface area contributed by atoms with E-state index >= 15 is 0 Å². The molecule has 0 aliphatic carbocycles. The smallest absolute Gasteiger partial charge is 0.129 e. The minimum Gasteiger partial charge on any atom is -0.497 e. The van der Waals surface area contributed by atoms with Gasteiger partial charge in [0.05, 0.1) is 13.2 Å². The maximum absolute atomic E-state index is 6.13. The molecule has 2 aromatic carbocycles. The van der Waals surface area contributed by atoms with Crippen molar-refractivity contribution in [1.82, 2.24) is 0 Å². The Balaban J connectivity index is 1.96. The third-order valence-electron chi connectivity index (χ3n) is 3.72. The standard InChI is InChI=1S/C17H18O3/c1-18-13-8-9-14-16(19-2)11-15(20-17(14)10-13)12-6-4-3-5-7-12/h3-10,15-16H,11H2,1-2H3. The van der Waals surface area contributed by atoms with Crippen LogP contribution in [0.4, 0.5) is 0 Å². The number of methoxy groups -OCH3 is 2. The molecule has 0 fully saturated rings. The molecule has 3 heteroatoms. The first-order valence-electron chi connectivity index (χ1n) is 6.74. The number of rotatable bonds is 3. The molecule has 3 nitrogen and oxygen atoms in total. The molecule has 0 amide bonds. The molecule has 20 heavy (non-hydrogen) atoms. The van der Waals surface area contributed by atoms with Gasteiger partial charge in [-0.25, -0.2) is 0 Å². The van der Waals surface area contributed by atoms with Crippen molar-refractivity contribution in [3.8, 4) is 11.5 Å². The molecule has 1 aliphatic rings. The number of ether oxygens (including phenoxy) is 3. The van der Waals surface area contributed by atoms with Crippen LogP contribution in [0.25, 0.3) is 0 Å². The third-order valence-corrected chi connectivity index (χ3v) is 3.72. The van der Waals surface area contributed by atoms with E-state index in [2.05, 4.69) is 12.1 Å². The van der Waals surface area contributed by atoms with Crippen molar-refractivity contribution in [3.05, 3.63) is 59.7 Å². The highest BCUT2D eigenvalue weighted by molar-refractivity contribution is 5.44. The van der Waals surface area contributed by atoms with Crippen molar-refractivity contribution in [3.63, 3.8) is 0 Å². The summed E-state index contributed by atoms with van der Waals surface area (Å²) in [5.74, 6) is 1.64. The van der Waals surface area contributed by atoms with E-state index in [1.165, 1.54) is 5.56 Å². The molecule has 1 heterocycles. The second-order valence-electron chi connectivity index (χ2n) is 4.88. The van der Waals surface area contributed by atoms with Crippen molar-refractivity contribution >= 4 is 0 Å². The second-order valence-corrected chi connectivity index (χ2v) is 4.88. The van der Waals surface area contributed by atoms with Gasteiger partial charge < -0.3 is 14.2 Å². The number of benzene rings is 2. The van der Waals surface area contributed by atoms with Crippen molar-refractivity contribution in [2.75, 3.05) is 14.2 Å². The van der Waals surface area contributed by atoms with Gasteiger partial charge in [-0.05, 0) is 17.7 Å². The molecular weight excluding hydrogens is 252 g/mol. The first-order chi connectivity index (χ1) is 9.81. The Labute approximate surface area is 119 Å². The van der Waals surface area contributed by atoms with Crippen LogP contribution in [-0.4, -0.2) is 14.2 Å². The summed E-state index contributed by atoms with van der Waals surface area (Å²) < 4.78 is 17.0. The number of hydrogen-bond donors (Lipinski definition) is 0. The lowest BCUT2D eigenvalue weighted by Gasteiger charge is -2.32. The molecule has 0 bridgehead atoms. The number of fused-ring (bicyclic) bond motifs is 1. The van der Waals surface area contributed by atoms with E-state index in [0.29, 0.717) is 0 Å². The quantitative estimate of drug-likeness (QED) is 0.846. The van der Waals surface area contributed by atoms with E-state index in [4.69, 9.17) is 14.2 Å². The SMILES string of the molecule is COc1ccc2c(c1)OC(c1ccccc1)CC2OC. The van der Waals surface area contributed by atoms with Crippen LogP contribution in [0.15, 0.2) is 48.5 Å². The summed E-state index contributed by atoms with van der Waals surface area (Å²) in [7, 11) is 3.40. The second kappa shape index (κ2) is 5.55. The van der Waals surface area contributed by atoms with Gasteiger partial charge in [0, 0.05) is 25.2 Å². The van der Waals surface area contributed by atoms with Crippen LogP contribution in [0, 0.1) is 0 Å². The average molecular weight is 270 g/mol.